The fraction of sp³-hybridized carbons (Fsp3) is 0.167. The third kappa shape index (κ3) is 1.34. The Balaban J connectivity index is 2.95. The predicted molar refractivity (Wildman–Crippen MR) is 58.3 cm³/mol. The van der Waals surface area contributed by atoms with Gasteiger partial charge in [0.1, 0.15) is 5.82 Å². The van der Waals surface area contributed by atoms with Crippen LogP contribution in [0.4, 0.5) is 4.39 Å². The van der Waals surface area contributed by atoms with Crippen molar-refractivity contribution in [2.75, 3.05) is 0 Å². The zero-order chi connectivity index (χ0) is 11.9. The average Bonchev–Trinajstić information content (AvgIpc) is 2.26. The van der Waals surface area contributed by atoms with Crippen molar-refractivity contribution in [1.29, 1.82) is 0 Å². The molecule has 0 saturated carbocycles. The summed E-state index contributed by atoms with van der Waals surface area (Å²) in [6, 6.07) is 3.86. The third-order valence-electron chi connectivity index (χ3n) is 2.66. The summed E-state index contributed by atoms with van der Waals surface area (Å²) in [4.78, 5) is 0. The van der Waals surface area contributed by atoms with Gasteiger partial charge in [0.15, 0.2) is 11.5 Å². The maximum Gasteiger partial charge on any atom is 0.200 e. The number of phenols is 3. The summed E-state index contributed by atoms with van der Waals surface area (Å²) in [5.74, 6) is -1.85. The number of hydrogen-bond acceptors (Lipinski definition) is 3. The summed E-state index contributed by atoms with van der Waals surface area (Å²) in [6.45, 7) is 1.78. The Morgan fingerprint density at radius 2 is 1.75 bits per heavy atom. The molecule has 0 amide bonds. The Morgan fingerprint density at radius 1 is 1.06 bits per heavy atom. The third-order valence-corrected chi connectivity index (χ3v) is 2.66. The average molecular weight is 222 g/mol. The van der Waals surface area contributed by atoms with E-state index in [4.69, 9.17) is 0 Å². The lowest BCUT2D eigenvalue weighted by Gasteiger charge is -2.09. The first-order valence-corrected chi connectivity index (χ1v) is 4.91. The second-order valence-electron chi connectivity index (χ2n) is 3.57. The van der Waals surface area contributed by atoms with Gasteiger partial charge in [-0.05, 0) is 35.6 Å². The van der Waals surface area contributed by atoms with E-state index in [0.29, 0.717) is 22.8 Å². The van der Waals surface area contributed by atoms with Crippen LogP contribution < -0.4 is 0 Å². The number of rotatable bonds is 1. The number of hydrogen-bond donors (Lipinski definition) is 3. The van der Waals surface area contributed by atoms with Crippen molar-refractivity contribution in [3.8, 4) is 17.2 Å². The molecule has 16 heavy (non-hydrogen) atoms. The Bertz CT molecular complexity index is 564. The second kappa shape index (κ2) is 3.56. The maximum absolute atomic E-state index is 13.5. The molecular formula is C12H11FO3. The highest BCUT2D eigenvalue weighted by atomic mass is 19.1. The smallest absolute Gasteiger partial charge is 0.200 e. The monoisotopic (exact) mass is 222 g/mol. The van der Waals surface area contributed by atoms with E-state index in [9.17, 15) is 19.7 Å². The molecule has 2 aromatic rings. The van der Waals surface area contributed by atoms with E-state index < -0.39 is 17.2 Å². The lowest BCUT2D eigenvalue weighted by atomic mass is 10.0. The number of fused-ring (bicyclic) bond motifs is 1. The van der Waals surface area contributed by atoms with E-state index in [1.165, 1.54) is 18.2 Å². The van der Waals surface area contributed by atoms with Crippen LogP contribution in [0.2, 0.25) is 0 Å². The first-order chi connectivity index (χ1) is 7.56. The van der Waals surface area contributed by atoms with E-state index in [2.05, 4.69) is 0 Å². The molecule has 0 heterocycles. The molecule has 2 rings (SSSR count). The van der Waals surface area contributed by atoms with Gasteiger partial charge in [0.05, 0.1) is 0 Å². The fourth-order valence-electron chi connectivity index (χ4n) is 1.82. The molecule has 0 saturated heterocycles. The number of aromatic hydroxyl groups is 3. The van der Waals surface area contributed by atoms with Gasteiger partial charge in [-0.2, -0.15) is 0 Å². The van der Waals surface area contributed by atoms with Crippen molar-refractivity contribution in [2.45, 2.75) is 13.3 Å². The van der Waals surface area contributed by atoms with Gasteiger partial charge in [-0.3, -0.25) is 0 Å². The minimum absolute atomic E-state index is 0.327. The lowest BCUT2D eigenvalue weighted by Crippen LogP contribution is -1.90. The molecule has 3 N–H and O–H groups in total. The quantitative estimate of drug-likeness (QED) is 0.650. The molecule has 0 radical (unpaired) electrons. The predicted octanol–water partition coefficient (Wildman–Crippen LogP) is 2.66. The van der Waals surface area contributed by atoms with Gasteiger partial charge in [0.25, 0.3) is 0 Å². The van der Waals surface area contributed by atoms with Crippen molar-refractivity contribution < 1.29 is 19.7 Å². The van der Waals surface area contributed by atoms with Crippen LogP contribution in [0.5, 0.6) is 17.2 Å². The van der Waals surface area contributed by atoms with E-state index in [-0.39, 0.29) is 5.82 Å². The SMILES string of the molecule is CCc1c(F)ccc2c(O)c(O)c(O)cc12. The van der Waals surface area contributed by atoms with Crippen LogP contribution in [-0.2, 0) is 6.42 Å². The molecule has 0 fully saturated rings. The van der Waals surface area contributed by atoms with Gasteiger partial charge in [-0.25, -0.2) is 4.39 Å². The number of aryl methyl sites for hydroxylation is 1. The Kier molecular flexibility index (Phi) is 2.34. The van der Waals surface area contributed by atoms with Crippen molar-refractivity contribution in [3.05, 3.63) is 29.6 Å². The highest BCUT2D eigenvalue weighted by Crippen LogP contribution is 2.42. The molecule has 0 aliphatic carbocycles. The highest BCUT2D eigenvalue weighted by molar-refractivity contribution is 5.94. The van der Waals surface area contributed by atoms with Gasteiger partial charge < -0.3 is 15.3 Å². The summed E-state index contributed by atoms with van der Waals surface area (Å²) < 4.78 is 13.5. The van der Waals surface area contributed by atoms with Gasteiger partial charge in [-0.15, -0.1) is 0 Å². The van der Waals surface area contributed by atoms with Crippen LogP contribution in [0, 0.1) is 5.82 Å². The molecule has 2 aromatic carbocycles. The molecule has 84 valence electrons. The second-order valence-corrected chi connectivity index (χ2v) is 3.57. The van der Waals surface area contributed by atoms with Crippen molar-refractivity contribution >= 4 is 10.8 Å². The van der Waals surface area contributed by atoms with E-state index in [1.807, 2.05) is 0 Å². The van der Waals surface area contributed by atoms with E-state index in [1.54, 1.807) is 6.92 Å². The number of phenolic OH excluding ortho intramolecular Hbond substituents is 3. The molecule has 0 aliphatic rings. The Hall–Kier alpha value is -1.97. The van der Waals surface area contributed by atoms with Crippen molar-refractivity contribution in [2.24, 2.45) is 0 Å². The molecule has 3 nitrogen and oxygen atoms in total. The normalized spacial score (nSPS) is 10.9. The standard InChI is InChI=1S/C12H11FO3/c1-2-6-8-5-10(14)12(16)11(15)7(8)3-4-9(6)13/h3-5,14-16H,2H2,1H3. The highest BCUT2D eigenvalue weighted by Gasteiger charge is 2.14. The van der Waals surface area contributed by atoms with Crippen LogP contribution in [0.1, 0.15) is 12.5 Å². The molecule has 4 heteroatoms. The molecule has 0 spiro atoms. The first kappa shape index (κ1) is 10.5. The van der Waals surface area contributed by atoms with Gasteiger partial charge in [0.2, 0.25) is 5.75 Å². The summed E-state index contributed by atoms with van der Waals surface area (Å²) in [6.07, 6.45) is 0.437. The van der Waals surface area contributed by atoms with Gasteiger partial charge in [0, 0.05) is 5.39 Å². The van der Waals surface area contributed by atoms with Crippen LogP contribution >= 0.6 is 0 Å². The van der Waals surface area contributed by atoms with Gasteiger partial charge in [-0.1, -0.05) is 6.92 Å². The Labute approximate surface area is 91.4 Å². The largest absolute Gasteiger partial charge is 0.504 e. The van der Waals surface area contributed by atoms with E-state index in [0.717, 1.165) is 0 Å². The summed E-state index contributed by atoms with van der Waals surface area (Å²) in [5.41, 5.74) is 0.406. The van der Waals surface area contributed by atoms with Crippen LogP contribution in [0.15, 0.2) is 18.2 Å². The minimum atomic E-state index is -0.582. The Morgan fingerprint density at radius 3 is 2.38 bits per heavy atom. The molecule has 0 aliphatic heterocycles. The van der Waals surface area contributed by atoms with E-state index >= 15 is 0 Å². The summed E-state index contributed by atoms with van der Waals surface area (Å²) >= 11 is 0. The molecule has 0 aromatic heterocycles. The van der Waals surface area contributed by atoms with Crippen LogP contribution in [-0.4, -0.2) is 15.3 Å². The number of halogens is 1. The first-order valence-electron chi connectivity index (χ1n) is 4.91. The van der Waals surface area contributed by atoms with Crippen molar-refractivity contribution in [3.63, 3.8) is 0 Å². The van der Waals surface area contributed by atoms with Crippen LogP contribution in [0.3, 0.4) is 0 Å². The summed E-state index contributed by atoms with van der Waals surface area (Å²) in [7, 11) is 0. The molecule has 0 bridgehead atoms. The number of benzene rings is 2. The minimum Gasteiger partial charge on any atom is -0.504 e. The summed E-state index contributed by atoms with van der Waals surface area (Å²) in [5, 5.41) is 29.1. The van der Waals surface area contributed by atoms with Crippen LogP contribution in [0.25, 0.3) is 10.8 Å². The molecular weight excluding hydrogens is 211 g/mol. The lowest BCUT2D eigenvalue weighted by molar-refractivity contribution is 0.371. The molecule has 0 atom stereocenters. The maximum atomic E-state index is 13.5. The van der Waals surface area contributed by atoms with Crippen molar-refractivity contribution in [1.82, 2.24) is 0 Å². The zero-order valence-electron chi connectivity index (χ0n) is 8.66. The zero-order valence-corrected chi connectivity index (χ0v) is 8.66. The molecule has 0 unspecified atom stereocenters. The fourth-order valence-corrected chi connectivity index (χ4v) is 1.82. The topological polar surface area (TPSA) is 60.7 Å². The van der Waals surface area contributed by atoms with Gasteiger partial charge >= 0.3 is 0 Å².